The monoisotopic (exact) mass is 209 g/mol. The summed E-state index contributed by atoms with van der Waals surface area (Å²) in [6, 6.07) is 3.02. The third-order valence-corrected chi connectivity index (χ3v) is 4.41. The first-order valence-corrected chi connectivity index (χ1v) is 6.44. The summed E-state index contributed by atoms with van der Waals surface area (Å²) in [5.41, 5.74) is 1.53. The number of hydrogen-bond donors (Lipinski definition) is 1. The van der Waals surface area contributed by atoms with E-state index in [9.17, 15) is 0 Å². The highest BCUT2D eigenvalue weighted by Crippen LogP contribution is 2.34. The maximum absolute atomic E-state index is 3.43. The molecule has 0 amide bonds. The summed E-state index contributed by atoms with van der Waals surface area (Å²) in [5.74, 6) is 1.72. The minimum Gasteiger partial charge on any atom is -0.317 e. The van der Waals surface area contributed by atoms with Crippen molar-refractivity contribution >= 4 is 11.3 Å². The molecule has 0 bridgehead atoms. The summed E-state index contributed by atoms with van der Waals surface area (Å²) in [6.45, 7) is 2.39. The van der Waals surface area contributed by atoms with Crippen molar-refractivity contribution in [2.75, 3.05) is 7.05 Å². The van der Waals surface area contributed by atoms with E-state index in [-0.39, 0.29) is 0 Å². The Morgan fingerprint density at radius 2 is 2.36 bits per heavy atom. The van der Waals surface area contributed by atoms with E-state index in [2.05, 4.69) is 36.1 Å². The highest BCUT2D eigenvalue weighted by Gasteiger charge is 2.31. The number of nitrogens with one attached hydrogen (secondary N) is 1. The van der Waals surface area contributed by atoms with Crippen molar-refractivity contribution in [2.45, 2.75) is 32.2 Å². The fourth-order valence-corrected chi connectivity index (χ4v) is 3.34. The van der Waals surface area contributed by atoms with Crippen LogP contribution in [0.25, 0.3) is 0 Å². The second-order valence-electron chi connectivity index (χ2n) is 4.43. The van der Waals surface area contributed by atoms with Crippen LogP contribution in [0.4, 0.5) is 0 Å². The van der Waals surface area contributed by atoms with Gasteiger partial charge in [0.1, 0.15) is 0 Å². The van der Waals surface area contributed by atoms with Crippen molar-refractivity contribution in [1.29, 1.82) is 0 Å². The molecule has 1 aliphatic carbocycles. The van der Waals surface area contributed by atoms with Crippen molar-refractivity contribution in [1.82, 2.24) is 5.32 Å². The van der Waals surface area contributed by atoms with Gasteiger partial charge in [0.15, 0.2) is 0 Å². The van der Waals surface area contributed by atoms with E-state index >= 15 is 0 Å². The predicted molar refractivity (Wildman–Crippen MR) is 62.8 cm³/mol. The molecule has 1 N–H and O–H groups in total. The molecule has 1 nitrogen and oxygen atoms in total. The topological polar surface area (TPSA) is 12.0 Å². The van der Waals surface area contributed by atoms with Crippen molar-refractivity contribution in [2.24, 2.45) is 11.8 Å². The van der Waals surface area contributed by atoms with Crippen LogP contribution < -0.4 is 5.32 Å². The molecule has 0 saturated heterocycles. The zero-order chi connectivity index (χ0) is 9.97. The molecule has 1 fully saturated rings. The Balaban J connectivity index is 1.94. The van der Waals surface area contributed by atoms with Gasteiger partial charge >= 0.3 is 0 Å². The van der Waals surface area contributed by atoms with Crippen LogP contribution in [0, 0.1) is 11.8 Å². The lowest BCUT2D eigenvalue weighted by molar-refractivity contribution is 0.364. The fraction of sp³-hybridized carbons (Fsp3) is 0.667. The molecule has 14 heavy (non-hydrogen) atoms. The van der Waals surface area contributed by atoms with E-state index < -0.39 is 0 Å². The van der Waals surface area contributed by atoms with Gasteiger partial charge in [-0.3, -0.25) is 0 Å². The minimum atomic E-state index is 0.749. The maximum atomic E-state index is 3.43. The van der Waals surface area contributed by atoms with Crippen molar-refractivity contribution < 1.29 is 0 Å². The third-order valence-electron chi connectivity index (χ3n) is 3.68. The molecule has 1 saturated carbocycles. The molecule has 0 spiro atoms. The molecule has 78 valence electrons. The van der Waals surface area contributed by atoms with E-state index in [1.165, 1.54) is 24.8 Å². The van der Waals surface area contributed by atoms with Gasteiger partial charge in [-0.1, -0.05) is 6.92 Å². The van der Waals surface area contributed by atoms with Gasteiger partial charge in [-0.2, -0.15) is 11.3 Å². The smallest absolute Gasteiger partial charge is 0.00925 e. The van der Waals surface area contributed by atoms with Crippen LogP contribution in [0.2, 0.25) is 0 Å². The van der Waals surface area contributed by atoms with E-state index in [0.29, 0.717) is 0 Å². The second-order valence-corrected chi connectivity index (χ2v) is 5.21. The summed E-state index contributed by atoms with van der Waals surface area (Å²) in [4.78, 5) is 0. The molecule has 0 radical (unpaired) electrons. The van der Waals surface area contributed by atoms with Crippen molar-refractivity contribution in [3.05, 3.63) is 22.4 Å². The Kier molecular flexibility index (Phi) is 3.24. The van der Waals surface area contributed by atoms with Crippen LogP contribution >= 0.6 is 11.3 Å². The van der Waals surface area contributed by atoms with Gasteiger partial charge in [-0.05, 0) is 60.5 Å². The summed E-state index contributed by atoms with van der Waals surface area (Å²) in [6.07, 6.45) is 4.03. The van der Waals surface area contributed by atoms with Gasteiger partial charge in [0.2, 0.25) is 0 Å². The first-order valence-electron chi connectivity index (χ1n) is 5.49. The Bertz CT molecular complexity index is 268. The standard InChI is InChI=1S/C12H19NS/c1-9-11(3-4-12(9)13-2)7-10-5-6-14-8-10/h5-6,8-9,11-13H,3-4,7H2,1-2H3. The molecule has 1 aromatic rings. The van der Waals surface area contributed by atoms with E-state index in [0.717, 1.165) is 17.9 Å². The molecule has 1 aromatic heterocycles. The van der Waals surface area contributed by atoms with Crippen molar-refractivity contribution in [3.63, 3.8) is 0 Å². The first-order chi connectivity index (χ1) is 6.81. The molecule has 3 atom stereocenters. The van der Waals surface area contributed by atoms with Gasteiger partial charge in [0.25, 0.3) is 0 Å². The first kappa shape index (κ1) is 10.2. The second kappa shape index (κ2) is 4.45. The third kappa shape index (κ3) is 2.01. The maximum Gasteiger partial charge on any atom is 0.00925 e. The van der Waals surface area contributed by atoms with Crippen LogP contribution in [0.1, 0.15) is 25.3 Å². The van der Waals surface area contributed by atoms with Gasteiger partial charge in [-0.25, -0.2) is 0 Å². The summed E-state index contributed by atoms with van der Waals surface area (Å²) < 4.78 is 0. The van der Waals surface area contributed by atoms with Gasteiger partial charge in [-0.15, -0.1) is 0 Å². The van der Waals surface area contributed by atoms with Gasteiger partial charge < -0.3 is 5.32 Å². The quantitative estimate of drug-likeness (QED) is 0.807. The van der Waals surface area contributed by atoms with Gasteiger partial charge in [0.05, 0.1) is 0 Å². The van der Waals surface area contributed by atoms with Crippen LogP contribution in [-0.4, -0.2) is 13.1 Å². The van der Waals surface area contributed by atoms with E-state index in [1.807, 2.05) is 11.3 Å². The average Bonchev–Trinajstić information content (AvgIpc) is 2.79. The molecule has 2 heteroatoms. The molecule has 1 aliphatic rings. The normalized spacial score (nSPS) is 32.3. The molecular weight excluding hydrogens is 190 g/mol. The molecule has 2 rings (SSSR count). The summed E-state index contributed by atoms with van der Waals surface area (Å²) in [7, 11) is 2.09. The molecule has 0 aromatic carbocycles. The number of hydrogen-bond acceptors (Lipinski definition) is 2. The number of rotatable bonds is 3. The molecular formula is C12H19NS. The van der Waals surface area contributed by atoms with E-state index in [1.54, 1.807) is 0 Å². The van der Waals surface area contributed by atoms with E-state index in [4.69, 9.17) is 0 Å². The average molecular weight is 209 g/mol. The van der Waals surface area contributed by atoms with Crippen LogP contribution in [-0.2, 0) is 6.42 Å². The predicted octanol–water partition coefficient (Wildman–Crippen LogP) is 2.92. The molecule has 0 aliphatic heterocycles. The van der Waals surface area contributed by atoms with Crippen LogP contribution in [0.5, 0.6) is 0 Å². The highest BCUT2D eigenvalue weighted by atomic mass is 32.1. The lowest BCUT2D eigenvalue weighted by Crippen LogP contribution is -2.29. The lowest BCUT2D eigenvalue weighted by atomic mass is 9.90. The lowest BCUT2D eigenvalue weighted by Gasteiger charge is -2.19. The fourth-order valence-electron chi connectivity index (χ4n) is 2.65. The Labute approximate surface area is 90.5 Å². The van der Waals surface area contributed by atoms with Crippen LogP contribution in [0.15, 0.2) is 16.8 Å². The Morgan fingerprint density at radius 3 is 2.93 bits per heavy atom. The summed E-state index contributed by atoms with van der Waals surface area (Å²) in [5, 5.41) is 7.90. The van der Waals surface area contributed by atoms with Crippen LogP contribution in [0.3, 0.4) is 0 Å². The van der Waals surface area contributed by atoms with Crippen molar-refractivity contribution in [3.8, 4) is 0 Å². The largest absolute Gasteiger partial charge is 0.317 e. The zero-order valence-electron chi connectivity index (χ0n) is 8.99. The number of thiophene rings is 1. The summed E-state index contributed by atoms with van der Waals surface area (Å²) >= 11 is 1.82. The zero-order valence-corrected chi connectivity index (χ0v) is 9.81. The minimum absolute atomic E-state index is 0.749. The highest BCUT2D eigenvalue weighted by molar-refractivity contribution is 7.07. The SMILES string of the molecule is CNC1CCC(Cc2ccsc2)C1C. The Morgan fingerprint density at radius 1 is 1.50 bits per heavy atom. The Hall–Kier alpha value is -0.340. The molecule has 3 unspecified atom stereocenters. The molecule has 1 heterocycles. The van der Waals surface area contributed by atoms with Gasteiger partial charge in [0, 0.05) is 6.04 Å².